The highest BCUT2D eigenvalue weighted by molar-refractivity contribution is 9.10. The van der Waals surface area contributed by atoms with Crippen LogP contribution in [-0.4, -0.2) is 9.97 Å². The number of hydrogen-bond acceptors (Lipinski definition) is 4. The molecule has 0 atom stereocenters. The largest absolute Gasteiger partial charge is 0.382 e. The fourth-order valence-electron chi connectivity index (χ4n) is 1.15. The average molecular weight is 296 g/mol. The molecule has 0 aliphatic heterocycles. The van der Waals surface area contributed by atoms with Crippen molar-refractivity contribution in [2.45, 2.75) is 10.6 Å². The van der Waals surface area contributed by atoms with Gasteiger partial charge in [-0.05, 0) is 28.1 Å². The molecule has 0 bridgehead atoms. The van der Waals surface area contributed by atoms with Crippen LogP contribution in [0.3, 0.4) is 0 Å². The summed E-state index contributed by atoms with van der Waals surface area (Å²) in [5.41, 5.74) is 6.40. The fourth-order valence-corrected chi connectivity index (χ4v) is 2.61. The Labute approximate surface area is 107 Å². The van der Waals surface area contributed by atoms with Gasteiger partial charge >= 0.3 is 0 Å². The van der Waals surface area contributed by atoms with Crippen molar-refractivity contribution in [3.05, 3.63) is 46.8 Å². The van der Waals surface area contributed by atoms with Gasteiger partial charge in [0, 0.05) is 15.1 Å². The number of aromatic nitrogens is 2. The Morgan fingerprint density at radius 1 is 1.19 bits per heavy atom. The van der Waals surface area contributed by atoms with Crippen LogP contribution in [0.1, 0.15) is 5.69 Å². The van der Waals surface area contributed by atoms with Crippen molar-refractivity contribution in [1.29, 1.82) is 0 Å². The van der Waals surface area contributed by atoms with Crippen LogP contribution >= 0.6 is 27.7 Å². The lowest BCUT2D eigenvalue weighted by atomic mass is 10.4. The molecule has 0 radical (unpaired) electrons. The number of halogens is 1. The van der Waals surface area contributed by atoms with Crippen molar-refractivity contribution in [2.75, 3.05) is 5.73 Å². The minimum absolute atomic E-state index is 0.453. The van der Waals surface area contributed by atoms with Gasteiger partial charge in [-0.15, -0.1) is 11.8 Å². The van der Waals surface area contributed by atoms with E-state index < -0.39 is 0 Å². The molecule has 16 heavy (non-hydrogen) atoms. The Bertz CT molecular complexity index is 473. The second kappa shape index (κ2) is 5.32. The zero-order valence-electron chi connectivity index (χ0n) is 8.43. The molecule has 1 heterocycles. The molecule has 2 aromatic rings. The number of thioether (sulfide) groups is 1. The molecule has 0 fully saturated rings. The standard InChI is InChI=1S/C11H10BrN3S/c12-9-3-1-2-4-10(9)16-7-8-5-15-11(13)6-14-8/h1-6H,7H2,(H2,13,15). The first-order chi connectivity index (χ1) is 7.75. The van der Waals surface area contributed by atoms with Crippen LogP contribution in [0.2, 0.25) is 0 Å². The third kappa shape index (κ3) is 2.96. The molecule has 0 amide bonds. The number of rotatable bonds is 3. The quantitative estimate of drug-likeness (QED) is 0.884. The zero-order chi connectivity index (χ0) is 11.4. The maximum atomic E-state index is 5.47. The first kappa shape index (κ1) is 11.4. The van der Waals surface area contributed by atoms with Crippen LogP contribution in [0.5, 0.6) is 0 Å². The summed E-state index contributed by atoms with van der Waals surface area (Å²) in [7, 11) is 0. The van der Waals surface area contributed by atoms with Crippen LogP contribution in [0, 0.1) is 0 Å². The van der Waals surface area contributed by atoms with E-state index in [9.17, 15) is 0 Å². The van der Waals surface area contributed by atoms with Crippen molar-refractivity contribution in [1.82, 2.24) is 9.97 Å². The highest BCUT2D eigenvalue weighted by Gasteiger charge is 2.01. The SMILES string of the molecule is Nc1cnc(CSc2ccccc2Br)cn1. The normalized spacial score (nSPS) is 10.3. The van der Waals surface area contributed by atoms with Gasteiger partial charge in [-0.2, -0.15) is 0 Å². The molecule has 0 spiro atoms. The van der Waals surface area contributed by atoms with Gasteiger partial charge in [-0.1, -0.05) is 12.1 Å². The van der Waals surface area contributed by atoms with E-state index in [-0.39, 0.29) is 0 Å². The van der Waals surface area contributed by atoms with Crippen molar-refractivity contribution in [2.24, 2.45) is 0 Å². The Morgan fingerprint density at radius 3 is 2.69 bits per heavy atom. The lowest BCUT2D eigenvalue weighted by Crippen LogP contribution is -1.94. The Morgan fingerprint density at radius 2 is 2.00 bits per heavy atom. The summed E-state index contributed by atoms with van der Waals surface area (Å²) in [5.74, 6) is 1.24. The minimum Gasteiger partial charge on any atom is -0.382 e. The molecule has 2 N–H and O–H groups in total. The highest BCUT2D eigenvalue weighted by Crippen LogP contribution is 2.28. The van der Waals surface area contributed by atoms with Gasteiger partial charge in [0.1, 0.15) is 5.82 Å². The number of nitrogen functional groups attached to an aromatic ring is 1. The van der Waals surface area contributed by atoms with Gasteiger partial charge in [-0.3, -0.25) is 4.98 Å². The van der Waals surface area contributed by atoms with E-state index in [1.807, 2.05) is 18.2 Å². The maximum Gasteiger partial charge on any atom is 0.141 e. The number of nitrogens with zero attached hydrogens (tertiary/aromatic N) is 2. The first-order valence-corrected chi connectivity index (χ1v) is 6.47. The van der Waals surface area contributed by atoms with E-state index in [4.69, 9.17) is 5.73 Å². The van der Waals surface area contributed by atoms with Gasteiger partial charge in [0.2, 0.25) is 0 Å². The van der Waals surface area contributed by atoms with Crippen LogP contribution < -0.4 is 5.73 Å². The second-order valence-electron chi connectivity index (χ2n) is 3.15. The predicted octanol–water partition coefficient (Wildman–Crippen LogP) is 3.11. The monoisotopic (exact) mass is 295 g/mol. The number of anilines is 1. The summed E-state index contributed by atoms with van der Waals surface area (Å²) < 4.78 is 1.10. The molecule has 82 valence electrons. The van der Waals surface area contributed by atoms with Crippen molar-refractivity contribution in [3.63, 3.8) is 0 Å². The maximum absolute atomic E-state index is 5.47. The van der Waals surface area contributed by atoms with Gasteiger partial charge < -0.3 is 5.73 Å². The molecule has 1 aromatic heterocycles. The second-order valence-corrected chi connectivity index (χ2v) is 5.02. The van der Waals surface area contributed by atoms with E-state index in [0.717, 1.165) is 15.9 Å². The lowest BCUT2D eigenvalue weighted by molar-refractivity contribution is 1.11. The van der Waals surface area contributed by atoms with E-state index in [1.54, 1.807) is 24.2 Å². The zero-order valence-corrected chi connectivity index (χ0v) is 10.8. The van der Waals surface area contributed by atoms with Gasteiger partial charge in [0.05, 0.1) is 18.1 Å². The first-order valence-electron chi connectivity index (χ1n) is 4.69. The van der Waals surface area contributed by atoms with E-state index in [2.05, 4.69) is 32.0 Å². The van der Waals surface area contributed by atoms with Gasteiger partial charge in [-0.25, -0.2) is 4.98 Å². The van der Waals surface area contributed by atoms with E-state index >= 15 is 0 Å². The summed E-state index contributed by atoms with van der Waals surface area (Å²) in [6.45, 7) is 0. The molecule has 5 heteroatoms. The van der Waals surface area contributed by atoms with Crippen LogP contribution in [0.4, 0.5) is 5.82 Å². The number of nitrogens with two attached hydrogens (primary N) is 1. The summed E-state index contributed by atoms with van der Waals surface area (Å²) in [4.78, 5) is 9.40. The number of benzene rings is 1. The topological polar surface area (TPSA) is 51.8 Å². The van der Waals surface area contributed by atoms with Crippen LogP contribution in [0.15, 0.2) is 46.0 Å². The summed E-state index contributed by atoms with van der Waals surface area (Å²) in [5, 5.41) is 0. The Kier molecular flexibility index (Phi) is 3.79. The molecule has 0 saturated heterocycles. The molecule has 0 saturated carbocycles. The predicted molar refractivity (Wildman–Crippen MR) is 70.1 cm³/mol. The molecule has 1 aromatic carbocycles. The minimum atomic E-state index is 0.453. The van der Waals surface area contributed by atoms with Gasteiger partial charge in [0.15, 0.2) is 0 Å². The van der Waals surface area contributed by atoms with Crippen molar-refractivity contribution >= 4 is 33.5 Å². The van der Waals surface area contributed by atoms with Crippen molar-refractivity contribution < 1.29 is 0 Å². The molecule has 3 nitrogen and oxygen atoms in total. The molecule has 2 rings (SSSR count). The number of hydrogen-bond donors (Lipinski definition) is 1. The lowest BCUT2D eigenvalue weighted by Gasteiger charge is -2.03. The van der Waals surface area contributed by atoms with E-state index in [0.29, 0.717) is 5.82 Å². The van der Waals surface area contributed by atoms with Crippen LogP contribution in [-0.2, 0) is 5.75 Å². The van der Waals surface area contributed by atoms with E-state index in [1.165, 1.54) is 4.90 Å². The van der Waals surface area contributed by atoms with Crippen LogP contribution in [0.25, 0.3) is 0 Å². The highest BCUT2D eigenvalue weighted by atomic mass is 79.9. The Balaban J connectivity index is 2.02. The van der Waals surface area contributed by atoms with Crippen molar-refractivity contribution in [3.8, 4) is 0 Å². The average Bonchev–Trinajstić information content (AvgIpc) is 2.30. The summed E-state index contributed by atoms with van der Waals surface area (Å²) in [6.07, 6.45) is 3.29. The smallest absolute Gasteiger partial charge is 0.141 e. The van der Waals surface area contributed by atoms with Gasteiger partial charge in [0.25, 0.3) is 0 Å². The summed E-state index contributed by atoms with van der Waals surface area (Å²) in [6, 6.07) is 8.11. The molecule has 0 aliphatic carbocycles. The molecule has 0 unspecified atom stereocenters. The molecular formula is C11H10BrN3S. The molecule has 0 aliphatic rings. The third-order valence-corrected chi connectivity index (χ3v) is 4.00. The Hall–Kier alpha value is -1.07. The summed E-state index contributed by atoms with van der Waals surface area (Å²) >= 11 is 5.22. The third-order valence-electron chi connectivity index (χ3n) is 1.94. The fraction of sp³-hybridized carbons (Fsp3) is 0.0909. The molecular weight excluding hydrogens is 286 g/mol.